The van der Waals surface area contributed by atoms with E-state index in [0.29, 0.717) is 30.9 Å². The Morgan fingerprint density at radius 2 is 2.03 bits per heavy atom. The molecule has 1 aliphatic rings. The highest BCUT2D eigenvalue weighted by Gasteiger charge is 2.27. The van der Waals surface area contributed by atoms with Crippen LogP contribution in [0.4, 0.5) is 4.79 Å². The number of oxazole rings is 1. The molecule has 1 saturated heterocycles. The number of carbonyl (C=O) groups is 1. The Balaban J connectivity index is 0.00000363. The van der Waals surface area contributed by atoms with Gasteiger partial charge in [0, 0.05) is 32.2 Å². The molecule has 1 amide bonds. The number of piperidine rings is 1. The van der Waals surface area contributed by atoms with Crippen LogP contribution < -0.4 is 10.6 Å². The van der Waals surface area contributed by atoms with Crippen LogP contribution in [-0.2, 0) is 11.3 Å². The van der Waals surface area contributed by atoms with Crippen LogP contribution in [0.2, 0.25) is 0 Å². The Hall–Kier alpha value is -2.30. The zero-order valence-electron chi connectivity index (χ0n) is 19.3. The summed E-state index contributed by atoms with van der Waals surface area (Å²) in [6, 6.07) is 9.81. The molecule has 0 radical (unpaired) electrons. The Bertz CT molecular complexity index is 879. The summed E-state index contributed by atoms with van der Waals surface area (Å²) >= 11 is 0. The number of guanidine groups is 1. The lowest BCUT2D eigenvalue weighted by Gasteiger charge is -2.34. The molecule has 1 aliphatic heterocycles. The maximum atomic E-state index is 12.3. The minimum Gasteiger partial charge on any atom is -0.444 e. The van der Waals surface area contributed by atoms with E-state index >= 15 is 0 Å². The standard InChI is InChI=1S/C23H33N5O3.HI/c1-23(2,3)31-22(29)28-12-8-9-17(15-28)13-25-21(24-4)26-14-19-16-30-20(27-19)18-10-6-5-7-11-18;/h5-7,10-11,16-17H,8-9,12-15H2,1-4H3,(H2,24,25,26);1H. The van der Waals surface area contributed by atoms with Crippen LogP contribution in [0.5, 0.6) is 0 Å². The van der Waals surface area contributed by atoms with Crippen molar-refractivity contribution in [3.8, 4) is 11.5 Å². The number of nitrogens with zero attached hydrogens (tertiary/aromatic N) is 3. The van der Waals surface area contributed by atoms with Crippen molar-refractivity contribution >= 4 is 36.0 Å². The van der Waals surface area contributed by atoms with Crippen LogP contribution in [-0.4, -0.2) is 54.2 Å². The molecule has 0 aliphatic carbocycles. The van der Waals surface area contributed by atoms with Gasteiger partial charge in [0.1, 0.15) is 11.9 Å². The number of amides is 1. The zero-order valence-corrected chi connectivity index (χ0v) is 21.6. The first-order chi connectivity index (χ1) is 14.8. The van der Waals surface area contributed by atoms with E-state index in [1.165, 1.54) is 0 Å². The number of carbonyl (C=O) groups excluding carboxylic acids is 1. The van der Waals surface area contributed by atoms with Crippen LogP contribution in [0.25, 0.3) is 11.5 Å². The Morgan fingerprint density at radius 3 is 2.72 bits per heavy atom. The number of aromatic nitrogens is 1. The van der Waals surface area contributed by atoms with Crippen molar-refractivity contribution in [2.45, 2.75) is 45.8 Å². The van der Waals surface area contributed by atoms with E-state index in [9.17, 15) is 4.79 Å². The van der Waals surface area contributed by atoms with Gasteiger partial charge in [0.25, 0.3) is 0 Å². The lowest BCUT2D eigenvalue weighted by atomic mass is 9.98. The Kier molecular flexibility index (Phi) is 9.80. The van der Waals surface area contributed by atoms with Crippen LogP contribution in [0, 0.1) is 5.92 Å². The van der Waals surface area contributed by atoms with Crippen molar-refractivity contribution in [1.82, 2.24) is 20.5 Å². The first-order valence-corrected chi connectivity index (χ1v) is 10.8. The van der Waals surface area contributed by atoms with E-state index in [1.807, 2.05) is 51.1 Å². The third-order valence-electron chi connectivity index (χ3n) is 4.96. The number of likely N-dealkylation sites (tertiary alicyclic amines) is 1. The average Bonchev–Trinajstić information content (AvgIpc) is 3.23. The number of hydrogen-bond acceptors (Lipinski definition) is 5. The summed E-state index contributed by atoms with van der Waals surface area (Å²) in [5, 5.41) is 6.62. The first-order valence-electron chi connectivity index (χ1n) is 10.8. The monoisotopic (exact) mass is 555 g/mol. The molecule has 0 saturated carbocycles. The summed E-state index contributed by atoms with van der Waals surface area (Å²) in [5.41, 5.74) is 1.27. The molecule has 0 bridgehead atoms. The minimum absolute atomic E-state index is 0. The Morgan fingerprint density at radius 1 is 1.28 bits per heavy atom. The van der Waals surface area contributed by atoms with Crippen LogP contribution >= 0.6 is 24.0 Å². The Labute approximate surface area is 207 Å². The molecule has 1 aromatic carbocycles. The molecule has 32 heavy (non-hydrogen) atoms. The van der Waals surface area contributed by atoms with Crippen molar-refractivity contribution in [2.75, 3.05) is 26.7 Å². The molecule has 2 N–H and O–H groups in total. The predicted molar refractivity (Wildman–Crippen MR) is 136 cm³/mol. The lowest BCUT2D eigenvalue weighted by Crippen LogP contribution is -2.47. The first kappa shape index (κ1) is 26.0. The van der Waals surface area contributed by atoms with Crippen molar-refractivity contribution in [3.05, 3.63) is 42.3 Å². The van der Waals surface area contributed by atoms with Crippen molar-refractivity contribution in [2.24, 2.45) is 10.9 Å². The molecule has 1 atom stereocenters. The summed E-state index contributed by atoms with van der Waals surface area (Å²) < 4.78 is 11.1. The molecule has 2 aromatic rings. The second-order valence-corrected chi connectivity index (χ2v) is 8.75. The van der Waals surface area contributed by atoms with Gasteiger partial charge in [-0.25, -0.2) is 9.78 Å². The molecule has 0 spiro atoms. The number of hydrogen-bond donors (Lipinski definition) is 2. The van der Waals surface area contributed by atoms with Gasteiger partial charge < -0.3 is 24.7 Å². The van der Waals surface area contributed by atoms with Gasteiger partial charge in [-0.1, -0.05) is 18.2 Å². The lowest BCUT2D eigenvalue weighted by molar-refractivity contribution is 0.0168. The van der Waals surface area contributed by atoms with Gasteiger partial charge >= 0.3 is 6.09 Å². The van der Waals surface area contributed by atoms with E-state index in [-0.39, 0.29) is 30.1 Å². The van der Waals surface area contributed by atoms with E-state index in [0.717, 1.165) is 37.2 Å². The fraction of sp³-hybridized carbons (Fsp3) is 0.522. The predicted octanol–water partition coefficient (Wildman–Crippen LogP) is 4.27. The van der Waals surface area contributed by atoms with Gasteiger partial charge in [-0.3, -0.25) is 4.99 Å². The average molecular weight is 555 g/mol. The molecule has 1 fully saturated rings. The van der Waals surface area contributed by atoms with Gasteiger partial charge in [-0.15, -0.1) is 24.0 Å². The van der Waals surface area contributed by atoms with Gasteiger partial charge in [0.2, 0.25) is 5.89 Å². The zero-order chi connectivity index (χ0) is 22.3. The fourth-order valence-corrected chi connectivity index (χ4v) is 3.46. The van der Waals surface area contributed by atoms with Gasteiger partial charge in [-0.2, -0.15) is 0 Å². The summed E-state index contributed by atoms with van der Waals surface area (Å²) in [7, 11) is 1.74. The topological polar surface area (TPSA) is 92.0 Å². The third-order valence-corrected chi connectivity index (χ3v) is 4.96. The third kappa shape index (κ3) is 7.99. The van der Waals surface area contributed by atoms with Crippen LogP contribution in [0.1, 0.15) is 39.3 Å². The highest BCUT2D eigenvalue weighted by molar-refractivity contribution is 14.0. The largest absolute Gasteiger partial charge is 0.444 e. The second-order valence-electron chi connectivity index (χ2n) is 8.75. The summed E-state index contributed by atoms with van der Waals surface area (Å²) in [4.78, 5) is 23.0. The smallest absolute Gasteiger partial charge is 0.410 e. The number of halogens is 1. The molecule has 1 unspecified atom stereocenters. The van der Waals surface area contributed by atoms with Gasteiger partial charge in [0.05, 0.1) is 12.2 Å². The molecule has 1 aromatic heterocycles. The number of nitrogens with one attached hydrogen (secondary N) is 2. The maximum Gasteiger partial charge on any atom is 0.410 e. The summed E-state index contributed by atoms with van der Waals surface area (Å²) in [6.07, 6.45) is 3.45. The number of rotatable bonds is 5. The molecule has 2 heterocycles. The van der Waals surface area contributed by atoms with Crippen molar-refractivity contribution < 1.29 is 13.9 Å². The minimum atomic E-state index is -0.476. The molecule has 8 nitrogen and oxygen atoms in total. The molecular weight excluding hydrogens is 521 g/mol. The van der Waals surface area contributed by atoms with E-state index < -0.39 is 5.60 Å². The summed E-state index contributed by atoms with van der Waals surface area (Å²) in [6.45, 7) is 8.33. The highest BCUT2D eigenvalue weighted by atomic mass is 127. The number of ether oxygens (including phenoxy) is 1. The quantitative estimate of drug-likeness (QED) is 0.325. The van der Waals surface area contributed by atoms with Gasteiger partial charge in [0.15, 0.2) is 5.96 Å². The fourth-order valence-electron chi connectivity index (χ4n) is 3.46. The highest BCUT2D eigenvalue weighted by Crippen LogP contribution is 2.19. The van der Waals surface area contributed by atoms with Crippen molar-refractivity contribution in [3.63, 3.8) is 0 Å². The SMILES string of the molecule is CN=C(NCc1coc(-c2ccccc2)n1)NCC1CCCN(C(=O)OC(C)(C)C)C1.I. The number of aliphatic imine (C=N–C) groups is 1. The van der Waals surface area contributed by atoms with Gasteiger partial charge in [-0.05, 0) is 51.7 Å². The molecule has 9 heteroatoms. The second kappa shape index (κ2) is 12.1. The number of benzene rings is 1. The molecule has 3 rings (SSSR count). The van der Waals surface area contributed by atoms with E-state index in [1.54, 1.807) is 18.2 Å². The normalized spacial score (nSPS) is 16.8. The van der Waals surface area contributed by atoms with E-state index in [2.05, 4.69) is 20.6 Å². The van der Waals surface area contributed by atoms with Crippen LogP contribution in [0.3, 0.4) is 0 Å². The van der Waals surface area contributed by atoms with Crippen LogP contribution in [0.15, 0.2) is 46.0 Å². The van der Waals surface area contributed by atoms with E-state index in [4.69, 9.17) is 9.15 Å². The maximum absolute atomic E-state index is 12.3. The molecule has 176 valence electrons. The summed E-state index contributed by atoms with van der Waals surface area (Å²) in [5.74, 6) is 1.64. The molecular formula is C23H34IN5O3. The van der Waals surface area contributed by atoms with Crippen molar-refractivity contribution in [1.29, 1.82) is 0 Å².